The van der Waals surface area contributed by atoms with Crippen molar-refractivity contribution in [1.82, 2.24) is 0 Å². The van der Waals surface area contributed by atoms with Gasteiger partial charge in [0.2, 0.25) is 0 Å². The zero-order chi connectivity index (χ0) is 18.9. The minimum Gasteiger partial charge on any atom is -0.508 e. The molecule has 1 fully saturated rings. The Morgan fingerprint density at radius 3 is 2.88 bits per heavy atom. The molecule has 1 aromatic rings. The van der Waals surface area contributed by atoms with Gasteiger partial charge in [0.05, 0.1) is 17.1 Å². The van der Waals surface area contributed by atoms with Gasteiger partial charge in [0.1, 0.15) is 5.75 Å². The van der Waals surface area contributed by atoms with Crippen LogP contribution in [-0.2, 0) is 14.5 Å². The van der Waals surface area contributed by atoms with Gasteiger partial charge in [0.25, 0.3) is 0 Å². The fourth-order valence-corrected chi connectivity index (χ4v) is 6.12. The van der Waals surface area contributed by atoms with Crippen LogP contribution in [0.2, 0.25) is 6.32 Å². The molecule has 0 aromatic heterocycles. The highest BCUT2D eigenvalue weighted by Gasteiger charge is 2.47. The molecule has 2 heterocycles. The first-order valence-corrected chi connectivity index (χ1v) is 10.7. The molecular formula is C19H25BO5S. The van der Waals surface area contributed by atoms with E-state index in [1.54, 1.807) is 18.2 Å². The molecule has 3 rings (SSSR count). The fourth-order valence-electron chi connectivity index (χ4n) is 3.95. The number of benzene rings is 1. The third-order valence-electron chi connectivity index (χ3n) is 5.20. The lowest BCUT2D eigenvalue weighted by Gasteiger charge is -2.31. The maximum absolute atomic E-state index is 12.3. The predicted molar refractivity (Wildman–Crippen MR) is 104 cm³/mol. The van der Waals surface area contributed by atoms with Crippen molar-refractivity contribution in [2.24, 2.45) is 0 Å². The lowest BCUT2D eigenvalue weighted by Crippen LogP contribution is -2.41. The third-order valence-corrected chi connectivity index (χ3v) is 7.35. The monoisotopic (exact) mass is 376 g/mol. The molecule has 2 atom stereocenters. The van der Waals surface area contributed by atoms with Crippen LogP contribution in [0, 0.1) is 0 Å². The van der Waals surface area contributed by atoms with Crippen molar-refractivity contribution in [2.45, 2.75) is 50.8 Å². The lowest BCUT2D eigenvalue weighted by atomic mass is 9.74. The van der Waals surface area contributed by atoms with Crippen LogP contribution < -0.4 is 0 Å². The summed E-state index contributed by atoms with van der Waals surface area (Å²) in [5.74, 6) is 0.298. The third kappa shape index (κ3) is 4.05. The first kappa shape index (κ1) is 19.2. The highest BCUT2D eigenvalue weighted by molar-refractivity contribution is 7.92. The summed E-state index contributed by atoms with van der Waals surface area (Å²) in [5.41, 5.74) is 3.84. The summed E-state index contributed by atoms with van der Waals surface area (Å²) in [5, 5.41) is 19.0. The average Bonchev–Trinajstić information content (AvgIpc) is 2.80. The van der Waals surface area contributed by atoms with Crippen molar-refractivity contribution in [3.05, 3.63) is 46.5 Å². The van der Waals surface area contributed by atoms with Gasteiger partial charge in [0.15, 0.2) is 9.84 Å². The molecule has 26 heavy (non-hydrogen) atoms. The second kappa shape index (κ2) is 7.58. The van der Waals surface area contributed by atoms with Gasteiger partial charge in [-0.05, 0) is 49.5 Å². The second-order valence-electron chi connectivity index (χ2n) is 7.14. The number of hydrogen-bond acceptors (Lipinski definition) is 5. The van der Waals surface area contributed by atoms with Crippen LogP contribution in [0.15, 0.2) is 41.0 Å². The molecule has 0 unspecified atom stereocenters. The zero-order valence-corrected chi connectivity index (χ0v) is 16.0. The second-order valence-corrected chi connectivity index (χ2v) is 9.32. The van der Waals surface area contributed by atoms with Crippen LogP contribution >= 0.6 is 0 Å². The van der Waals surface area contributed by atoms with E-state index >= 15 is 0 Å². The molecule has 140 valence electrons. The van der Waals surface area contributed by atoms with Gasteiger partial charge in [0, 0.05) is 6.32 Å². The van der Waals surface area contributed by atoms with Gasteiger partial charge in [-0.2, -0.15) is 0 Å². The molecule has 0 bridgehead atoms. The number of allylic oxidation sites excluding steroid dienone is 1. The molecule has 5 nitrogen and oxygen atoms in total. The van der Waals surface area contributed by atoms with Crippen LogP contribution in [-0.4, -0.2) is 42.8 Å². The number of rotatable bonds is 5. The molecule has 1 aromatic carbocycles. The van der Waals surface area contributed by atoms with Crippen LogP contribution in [0.5, 0.6) is 5.75 Å². The Kier molecular flexibility index (Phi) is 5.60. The molecule has 0 saturated carbocycles. The summed E-state index contributed by atoms with van der Waals surface area (Å²) < 4.78 is 30.3. The minimum absolute atomic E-state index is 0.0688. The number of phenols is 1. The van der Waals surface area contributed by atoms with Crippen molar-refractivity contribution < 1.29 is 23.2 Å². The average molecular weight is 376 g/mol. The van der Waals surface area contributed by atoms with E-state index in [-0.39, 0.29) is 23.9 Å². The van der Waals surface area contributed by atoms with Crippen LogP contribution in [0.1, 0.15) is 38.7 Å². The maximum Gasteiger partial charge on any atom is 0.456 e. The predicted octanol–water partition coefficient (Wildman–Crippen LogP) is 2.96. The molecule has 2 aliphatic heterocycles. The molecule has 7 heteroatoms. The Bertz CT molecular complexity index is 843. The highest BCUT2D eigenvalue weighted by atomic mass is 32.2. The zero-order valence-electron chi connectivity index (χ0n) is 15.2. The Labute approximate surface area is 155 Å². The summed E-state index contributed by atoms with van der Waals surface area (Å²) in [7, 11) is -4.25. The quantitative estimate of drug-likeness (QED) is 0.610. The maximum atomic E-state index is 12.3. The van der Waals surface area contributed by atoms with Gasteiger partial charge in [-0.3, -0.25) is 0 Å². The van der Waals surface area contributed by atoms with E-state index in [9.17, 15) is 18.5 Å². The highest BCUT2D eigenvalue weighted by Crippen LogP contribution is 2.39. The van der Waals surface area contributed by atoms with Crippen molar-refractivity contribution in [3.63, 3.8) is 0 Å². The van der Waals surface area contributed by atoms with Gasteiger partial charge in [-0.15, -0.1) is 0 Å². The van der Waals surface area contributed by atoms with Crippen molar-refractivity contribution in [1.29, 1.82) is 0 Å². The van der Waals surface area contributed by atoms with E-state index in [1.165, 1.54) is 5.57 Å². The summed E-state index contributed by atoms with van der Waals surface area (Å²) in [6, 6.07) is 7.08. The smallest absolute Gasteiger partial charge is 0.456 e. The van der Waals surface area contributed by atoms with E-state index in [0.717, 1.165) is 29.6 Å². The number of hydrogen-bond donors (Lipinski definition) is 2. The Morgan fingerprint density at radius 2 is 2.19 bits per heavy atom. The molecule has 0 amide bonds. The van der Waals surface area contributed by atoms with Crippen molar-refractivity contribution >= 4 is 23.0 Å². The molecule has 1 saturated heterocycles. The minimum atomic E-state index is -3.22. The van der Waals surface area contributed by atoms with E-state index in [4.69, 9.17) is 4.65 Å². The number of phenolic OH excluding ortho intramolecular Hbond substituents is 1. The summed E-state index contributed by atoms with van der Waals surface area (Å²) in [4.78, 5) is 0. The number of aromatic hydroxyl groups is 1. The Hall–Kier alpha value is -1.57. The standard InChI is InChI=1S/C19H25BO5S/c1-3-14(9-15-5-4-6-16(21)10-15)7-8-17-19-13(2)12-26(23,24)18(19)11-20(22)25-17/h4-6,9-10,17-18,21-22H,3,7-8,11-12H2,1-2H3/b14-9+/t17-,18+/m1/s1. The summed E-state index contributed by atoms with van der Waals surface area (Å²) in [6.45, 7) is 3.92. The topological polar surface area (TPSA) is 83.8 Å². The van der Waals surface area contributed by atoms with E-state index in [1.807, 2.05) is 19.1 Å². The number of fused-ring (bicyclic) bond motifs is 1. The first-order chi connectivity index (χ1) is 12.3. The summed E-state index contributed by atoms with van der Waals surface area (Å²) in [6.07, 6.45) is 4.04. The van der Waals surface area contributed by atoms with Crippen molar-refractivity contribution in [3.8, 4) is 5.75 Å². The summed E-state index contributed by atoms with van der Waals surface area (Å²) >= 11 is 0. The van der Waals surface area contributed by atoms with Crippen LogP contribution in [0.25, 0.3) is 6.08 Å². The van der Waals surface area contributed by atoms with Gasteiger partial charge in [-0.25, -0.2) is 8.42 Å². The van der Waals surface area contributed by atoms with Gasteiger partial charge < -0.3 is 14.8 Å². The SMILES string of the molecule is CC/C(=C\c1cccc(O)c1)CC[C@H]1OB(O)C[C@H]2C1=C(C)CS2(=O)=O. The molecule has 2 aliphatic rings. The van der Waals surface area contributed by atoms with Crippen molar-refractivity contribution in [2.75, 3.05) is 5.75 Å². The Balaban J connectivity index is 1.76. The molecule has 0 spiro atoms. The lowest BCUT2D eigenvalue weighted by molar-refractivity contribution is 0.170. The number of sulfone groups is 1. The Morgan fingerprint density at radius 1 is 1.42 bits per heavy atom. The van der Waals surface area contributed by atoms with Gasteiger partial charge >= 0.3 is 7.12 Å². The van der Waals surface area contributed by atoms with E-state index in [0.29, 0.717) is 6.42 Å². The van der Waals surface area contributed by atoms with Crippen LogP contribution in [0.4, 0.5) is 0 Å². The van der Waals surface area contributed by atoms with E-state index < -0.39 is 22.2 Å². The van der Waals surface area contributed by atoms with Gasteiger partial charge in [-0.1, -0.05) is 36.3 Å². The fraction of sp³-hybridized carbons (Fsp3) is 0.474. The molecule has 2 N–H and O–H groups in total. The normalized spacial score (nSPS) is 25.5. The largest absolute Gasteiger partial charge is 0.508 e. The molecule has 0 aliphatic carbocycles. The van der Waals surface area contributed by atoms with E-state index in [2.05, 4.69) is 6.92 Å². The molecule has 0 radical (unpaired) electrons. The molecular weight excluding hydrogens is 351 g/mol. The van der Waals surface area contributed by atoms with Crippen LogP contribution in [0.3, 0.4) is 0 Å². The first-order valence-electron chi connectivity index (χ1n) is 9.03.